The van der Waals surface area contributed by atoms with E-state index in [-0.39, 0.29) is 24.4 Å². The minimum absolute atomic E-state index is 0. The van der Waals surface area contributed by atoms with E-state index in [1.54, 1.807) is 0 Å². The highest BCUT2D eigenvalue weighted by Gasteiger charge is 2.24. The number of amides is 1. The molecule has 15 heavy (non-hydrogen) atoms. The lowest BCUT2D eigenvalue weighted by Crippen LogP contribution is -2.53. The van der Waals surface area contributed by atoms with Crippen LogP contribution in [0.2, 0.25) is 0 Å². The number of halogens is 1. The summed E-state index contributed by atoms with van der Waals surface area (Å²) in [6, 6.07) is 0.390. The number of ether oxygens (including phenoxy) is 1. The first-order valence-corrected chi connectivity index (χ1v) is 5.29. The largest absolute Gasteiger partial charge is 0.369 e. The van der Waals surface area contributed by atoms with Crippen LogP contribution in [0.15, 0.2) is 0 Å². The fraction of sp³-hybridized carbons (Fsp3) is 0.900. The molecule has 4 nitrogen and oxygen atoms in total. The SMILES string of the molecule is CCOC(C)C(=O)N1CCN[C@H](C)C1.Cl. The Kier molecular flexibility index (Phi) is 6.89. The fourth-order valence-electron chi connectivity index (χ4n) is 1.71. The lowest BCUT2D eigenvalue weighted by Gasteiger charge is -2.33. The number of hydrogen-bond donors (Lipinski definition) is 1. The number of nitrogens with zero attached hydrogens (tertiary/aromatic N) is 1. The van der Waals surface area contributed by atoms with Gasteiger partial charge in [-0.25, -0.2) is 0 Å². The Bertz CT molecular complexity index is 202. The Morgan fingerprint density at radius 1 is 1.67 bits per heavy atom. The Morgan fingerprint density at radius 3 is 2.87 bits per heavy atom. The third-order valence-corrected chi connectivity index (χ3v) is 2.44. The molecule has 0 spiro atoms. The summed E-state index contributed by atoms with van der Waals surface area (Å²) in [5.41, 5.74) is 0. The van der Waals surface area contributed by atoms with Crippen molar-refractivity contribution in [2.75, 3.05) is 26.2 Å². The van der Waals surface area contributed by atoms with Crippen molar-refractivity contribution in [2.45, 2.75) is 32.9 Å². The van der Waals surface area contributed by atoms with Crippen LogP contribution in [-0.4, -0.2) is 49.2 Å². The van der Waals surface area contributed by atoms with Gasteiger partial charge in [0.15, 0.2) is 0 Å². The van der Waals surface area contributed by atoms with E-state index in [9.17, 15) is 4.79 Å². The first-order chi connectivity index (χ1) is 6.65. The van der Waals surface area contributed by atoms with Gasteiger partial charge in [-0.05, 0) is 20.8 Å². The lowest BCUT2D eigenvalue weighted by atomic mass is 10.2. The van der Waals surface area contributed by atoms with E-state index in [1.807, 2.05) is 18.7 Å². The van der Waals surface area contributed by atoms with Gasteiger partial charge in [-0.15, -0.1) is 12.4 Å². The van der Waals surface area contributed by atoms with Gasteiger partial charge >= 0.3 is 0 Å². The molecule has 0 aliphatic carbocycles. The van der Waals surface area contributed by atoms with Gasteiger partial charge in [-0.1, -0.05) is 0 Å². The molecule has 1 amide bonds. The monoisotopic (exact) mass is 236 g/mol. The van der Waals surface area contributed by atoms with Crippen LogP contribution in [-0.2, 0) is 9.53 Å². The molecule has 2 atom stereocenters. The summed E-state index contributed by atoms with van der Waals surface area (Å²) < 4.78 is 5.28. The zero-order valence-corrected chi connectivity index (χ0v) is 10.5. The predicted octanol–water partition coefficient (Wildman–Crippen LogP) is 0.654. The van der Waals surface area contributed by atoms with E-state index in [1.165, 1.54) is 0 Å². The number of carbonyl (C=O) groups is 1. The fourth-order valence-corrected chi connectivity index (χ4v) is 1.71. The minimum Gasteiger partial charge on any atom is -0.369 e. The first-order valence-electron chi connectivity index (χ1n) is 5.29. The van der Waals surface area contributed by atoms with Crippen molar-refractivity contribution in [3.05, 3.63) is 0 Å². The number of piperazine rings is 1. The number of nitrogens with one attached hydrogen (secondary N) is 1. The van der Waals surface area contributed by atoms with Crippen LogP contribution in [0, 0.1) is 0 Å². The van der Waals surface area contributed by atoms with Crippen LogP contribution in [0.3, 0.4) is 0 Å². The molecule has 0 aromatic heterocycles. The second-order valence-electron chi connectivity index (χ2n) is 3.74. The standard InChI is InChI=1S/C10H20N2O2.ClH/c1-4-14-9(3)10(13)12-6-5-11-8(2)7-12;/h8-9,11H,4-7H2,1-3H3;1H/t8-,9?;/m1./s1. The summed E-state index contributed by atoms with van der Waals surface area (Å²) in [4.78, 5) is 13.7. The highest BCUT2D eigenvalue weighted by atomic mass is 35.5. The summed E-state index contributed by atoms with van der Waals surface area (Å²) in [6.07, 6.45) is -0.301. The topological polar surface area (TPSA) is 41.6 Å². The van der Waals surface area contributed by atoms with Gasteiger partial charge in [-0.3, -0.25) is 4.79 Å². The first kappa shape index (κ1) is 14.7. The van der Waals surface area contributed by atoms with Crippen LogP contribution < -0.4 is 5.32 Å². The molecular weight excluding hydrogens is 216 g/mol. The van der Waals surface area contributed by atoms with Crippen LogP contribution in [0.1, 0.15) is 20.8 Å². The van der Waals surface area contributed by atoms with Crippen molar-refractivity contribution in [3.8, 4) is 0 Å². The van der Waals surface area contributed by atoms with E-state index >= 15 is 0 Å². The zero-order chi connectivity index (χ0) is 10.6. The van der Waals surface area contributed by atoms with Crippen molar-refractivity contribution in [2.24, 2.45) is 0 Å². The summed E-state index contributed by atoms with van der Waals surface area (Å²) in [5.74, 6) is 0.111. The maximum absolute atomic E-state index is 11.8. The summed E-state index contributed by atoms with van der Waals surface area (Å²) in [7, 11) is 0. The van der Waals surface area contributed by atoms with Gasteiger partial charge in [0.25, 0.3) is 5.91 Å². The second kappa shape index (κ2) is 7.04. The Balaban J connectivity index is 0.00000196. The molecular formula is C10H21ClN2O2. The summed E-state index contributed by atoms with van der Waals surface area (Å²) >= 11 is 0. The highest BCUT2D eigenvalue weighted by molar-refractivity contribution is 5.85. The molecule has 5 heteroatoms. The van der Waals surface area contributed by atoms with Crippen molar-refractivity contribution >= 4 is 18.3 Å². The molecule has 1 aliphatic rings. The Labute approximate surface area is 97.8 Å². The predicted molar refractivity (Wildman–Crippen MR) is 62.4 cm³/mol. The Morgan fingerprint density at radius 2 is 2.33 bits per heavy atom. The molecule has 90 valence electrons. The highest BCUT2D eigenvalue weighted by Crippen LogP contribution is 2.03. The molecule has 1 fully saturated rings. The number of rotatable bonds is 3. The molecule has 0 aromatic carbocycles. The maximum atomic E-state index is 11.8. The maximum Gasteiger partial charge on any atom is 0.251 e. The molecule has 1 heterocycles. The van der Waals surface area contributed by atoms with Gasteiger partial charge in [0.2, 0.25) is 0 Å². The van der Waals surface area contributed by atoms with E-state index < -0.39 is 0 Å². The van der Waals surface area contributed by atoms with Crippen LogP contribution in [0.25, 0.3) is 0 Å². The average molecular weight is 237 g/mol. The Hall–Kier alpha value is -0.320. The molecule has 0 saturated carbocycles. The van der Waals surface area contributed by atoms with E-state index in [4.69, 9.17) is 4.74 Å². The molecule has 1 N–H and O–H groups in total. The molecule has 0 bridgehead atoms. The minimum atomic E-state index is -0.301. The quantitative estimate of drug-likeness (QED) is 0.783. The zero-order valence-electron chi connectivity index (χ0n) is 9.66. The van der Waals surface area contributed by atoms with E-state index in [2.05, 4.69) is 12.2 Å². The molecule has 1 rings (SSSR count). The summed E-state index contributed by atoms with van der Waals surface area (Å²) in [5, 5.41) is 3.30. The average Bonchev–Trinajstić information content (AvgIpc) is 2.17. The van der Waals surface area contributed by atoms with Crippen molar-refractivity contribution in [1.82, 2.24) is 10.2 Å². The van der Waals surface area contributed by atoms with Gasteiger partial charge in [0.1, 0.15) is 6.10 Å². The van der Waals surface area contributed by atoms with E-state index in [0.717, 1.165) is 19.6 Å². The van der Waals surface area contributed by atoms with Crippen LogP contribution in [0.5, 0.6) is 0 Å². The number of carbonyl (C=O) groups excluding carboxylic acids is 1. The van der Waals surface area contributed by atoms with Crippen LogP contribution in [0.4, 0.5) is 0 Å². The van der Waals surface area contributed by atoms with Gasteiger partial charge in [-0.2, -0.15) is 0 Å². The van der Waals surface area contributed by atoms with Gasteiger partial charge in [0, 0.05) is 32.3 Å². The third kappa shape index (κ3) is 4.36. The lowest BCUT2D eigenvalue weighted by molar-refractivity contribution is -0.143. The molecule has 1 saturated heterocycles. The van der Waals surface area contributed by atoms with E-state index in [0.29, 0.717) is 12.6 Å². The number of hydrogen-bond acceptors (Lipinski definition) is 3. The van der Waals surface area contributed by atoms with Crippen molar-refractivity contribution in [3.63, 3.8) is 0 Å². The van der Waals surface area contributed by atoms with Gasteiger partial charge < -0.3 is 15.0 Å². The van der Waals surface area contributed by atoms with Crippen molar-refractivity contribution < 1.29 is 9.53 Å². The third-order valence-electron chi connectivity index (χ3n) is 2.44. The van der Waals surface area contributed by atoms with Crippen molar-refractivity contribution in [1.29, 1.82) is 0 Å². The molecule has 0 radical (unpaired) electrons. The molecule has 0 aromatic rings. The molecule has 1 unspecified atom stereocenters. The molecule has 1 aliphatic heterocycles. The normalized spacial score (nSPS) is 23.1. The second-order valence-corrected chi connectivity index (χ2v) is 3.74. The van der Waals surface area contributed by atoms with Crippen LogP contribution >= 0.6 is 12.4 Å². The smallest absolute Gasteiger partial charge is 0.251 e. The van der Waals surface area contributed by atoms with Gasteiger partial charge in [0.05, 0.1) is 0 Å². The summed E-state index contributed by atoms with van der Waals surface area (Å²) in [6.45, 7) is 8.87.